The van der Waals surface area contributed by atoms with Crippen molar-refractivity contribution >= 4 is 0 Å². The Morgan fingerprint density at radius 1 is 1.12 bits per heavy atom. The van der Waals surface area contributed by atoms with Gasteiger partial charge in [-0.1, -0.05) is 65.3 Å². The van der Waals surface area contributed by atoms with Crippen LogP contribution in [0.2, 0.25) is 0 Å². The minimum atomic E-state index is 0. The molecule has 1 nitrogen and oxygen atoms in total. The van der Waals surface area contributed by atoms with Crippen LogP contribution in [0.5, 0.6) is 0 Å². The molecule has 0 aromatic heterocycles. The zero-order valence-electron chi connectivity index (χ0n) is 13.7. The van der Waals surface area contributed by atoms with Crippen LogP contribution in [-0.4, -0.2) is 0 Å². The van der Waals surface area contributed by atoms with Gasteiger partial charge in [0.25, 0.3) is 0 Å². The molecular weight excluding hydrogens is 206 g/mol. The molecule has 0 amide bonds. The van der Waals surface area contributed by atoms with Crippen molar-refractivity contribution in [2.45, 2.75) is 74.7 Å². The molecule has 0 aliphatic heterocycles. The molecule has 0 bridgehead atoms. The molecule has 0 rings (SSSR count). The Morgan fingerprint density at radius 3 is 1.59 bits per heavy atom. The van der Waals surface area contributed by atoms with Gasteiger partial charge >= 0.3 is 0 Å². The second kappa shape index (κ2) is 20.8. The Bertz CT molecular complexity index is 168. The van der Waals surface area contributed by atoms with E-state index in [0.29, 0.717) is 0 Å². The summed E-state index contributed by atoms with van der Waals surface area (Å²) < 4.78 is 0. The van der Waals surface area contributed by atoms with Crippen LogP contribution in [-0.2, 0) is 0 Å². The molecule has 17 heavy (non-hydrogen) atoms. The maximum absolute atomic E-state index is 3.94. The van der Waals surface area contributed by atoms with E-state index in [1.807, 2.05) is 13.8 Å². The quantitative estimate of drug-likeness (QED) is 0.558. The summed E-state index contributed by atoms with van der Waals surface area (Å²) in [5.74, 6) is 0.722. The van der Waals surface area contributed by atoms with Gasteiger partial charge in [-0.05, 0) is 39.0 Å². The van der Waals surface area contributed by atoms with E-state index in [1.165, 1.54) is 24.0 Å². The van der Waals surface area contributed by atoms with Gasteiger partial charge in [-0.2, -0.15) is 0 Å². The van der Waals surface area contributed by atoms with Crippen LogP contribution in [0, 0.1) is 5.92 Å². The third kappa shape index (κ3) is 21.3. The number of rotatable bonds is 4. The Labute approximate surface area is 111 Å². The summed E-state index contributed by atoms with van der Waals surface area (Å²) in [6, 6.07) is 0. The first kappa shape index (κ1) is 25.3. The van der Waals surface area contributed by atoms with Crippen molar-refractivity contribution in [3.05, 3.63) is 23.8 Å². The standard InChI is InChI=1S/C8H16.C6H12.C2H6.H3N/c1-5-7(3)8(4)6-2;1-4-6(3)5-2;1-2;/h8H,3,5-6H2,1-2,4H3;4H,5H2,1-3H3;1-2H3;1H3/b;6-4-;;. The van der Waals surface area contributed by atoms with Crippen LogP contribution in [0.15, 0.2) is 23.8 Å². The van der Waals surface area contributed by atoms with Crippen molar-refractivity contribution < 1.29 is 0 Å². The molecule has 3 N–H and O–H groups in total. The lowest BCUT2D eigenvalue weighted by atomic mass is 9.98. The number of hydrogen-bond donors (Lipinski definition) is 1. The lowest BCUT2D eigenvalue weighted by Gasteiger charge is -2.08. The second-order valence-electron chi connectivity index (χ2n) is 3.81. The average molecular weight is 243 g/mol. The lowest BCUT2D eigenvalue weighted by molar-refractivity contribution is 0.636. The van der Waals surface area contributed by atoms with Gasteiger partial charge in [0.2, 0.25) is 0 Å². The summed E-state index contributed by atoms with van der Waals surface area (Å²) >= 11 is 0. The Hall–Kier alpha value is -0.560. The highest BCUT2D eigenvalue weighted by atomic mass is 14.0. The molecule has 0 aromatic rings. The maximum atomic E-state index is 3.94. The van der Waals surface area contributed by atoms with Crippen molar-refractivity contribution in [3.8, 4) is 0 Å². The molecule has 106 valence electrons. The summed E-state index contributed by atoms with van der Waals surface area (Å²) in [7, 11) is 0. The van der Waals surface area contributed by atoms with Crippen molar-refractivity contribution in [1.82, 2.24) is 6.15 Å². The molecule has 1 unspecified atom stereocenters. The van der Waals surface area contributed by atoms with Crippen molar-refractivity contribution in [1.29, 1.82) is 0 Å². The molecular formula is C16H37N. The first-order valence-corrected chi connectivity index (χ1v) is 6.82. The van der Waals surface area contributed by atoms with E-state index in [1.54, 1.807) is 0 Å². The van der Waals surface area contributed by atoms with Crippen molar-refractivity contribution in [2.24, 2.45) is 5.92 Å². The van der Waals surface area contributed by atoms with Gasteiger partial charge in [-0.3, -0.25) is 0 Å². The zero-order chi connectivity index (χ0) is 13.6. The Morgan fingerprint density at radius 2 is 1.53 bits per heavy atom. The molecule has 1 heteroatoms. The van der Waals surface area contributed by atoms with Crippen molar-refractivity contribution in [2.75, 3.05) is 0 Å². The fourth-order valence-electron chi connectivity index (χ4n) is 0.841. The summed E-state index contributed by atoms with van der Waals surface area (Å²) in [5, 5.41) is 0. The average Bonchev–Trinajstić information content (AvgIpc) is 2.38. The smallest absolute Gasteiger partial charge is 0.0237 e. The van der Waals surface area contributed by atoms with Gasteiger partial charge in [0.1, 0.15) is 0 Å². The summed E-state index contributed by atoms with van der Waals surface area (Å²) in [6.07, 6.45) is 5.69. The first-order chi connectivity index (χ1) is 7.53. The summed E-state index contributed by atoms with van der Waals surface area (Å²) in [6.45, 7) is 20.9. The lowest BCUT2D eigenvalue weighted by Crippen LogP contribution is -1.93. The monoisotopic (exact) mass is 243 g/mol. The molecule has 0 radical (unpaired) electrons. The van der Waals surface area contributed by atoms with Crippen LogP contribution >= 0.6 is 0 Å². The van der Waals surface area contributed by atoms with Gasteiger partial charge in [-0.15, -0.1) is 0 Å². The number of hydrogen-bond acceptors (Lipinski definition) is 1. The number of allylic oxidation sites excluding steroid dienone is 3. The van der Waals surface area contributed by atoms with E-state index < -0.39 is 0 Å². The predicted octanol–water partition coefficient (Wildman–Crippen LogP) is 6.55. The highest BCUT2D eigenvalue weighted by molar-refractivity contribution is 4.96. The molecule has 0 fully saturated rings. The van der Waals surface area contributed by atoms with Crippen molar-refractivity contribution in [3.63, 3.8) is 0 Å². The minimum absolute atomic E-state index is 0. The topological polar surface area (TPSA) is 35.0 Å². The van der Waals surface area contributed by atoms with Gasteiger partial charge in [0.05, 0.1) is 0 Å². The van der Waals surface area contributed by atoms with Crippen LogP contribution in [0.25, 0.3) is 0 Å². The zero-order valence-corrected chi connectivity index (χ0v) is 13.7. The van der Waals surface area contributed by atoms with E-state index in [-0.39, 0.29) is 6.15 Å². The largest absolute Gasteiger partial charge is 0.344 e. The van der Waals surface area contributed by atoms with Gasteiger partial charge in [-0.25, -0.2) is 0 Å². The van der Waals surface area contributed by atoms with E-state index >= 15 is 0 Å². The normalized spacial score (nSPS) is 10.9. The molecule has 0 aromatic carbocycles. The Kier molecular flexibility index (Phi) is 31.0. The molecule has 0 heterocycles. The molecule has 0 spiro atoms. The van der Waals surface area contributed by atoms with Crippen LogP contribution in [0.1, 0.15) is 74.7 Å². The first-order valence-electron chi connectivity index (χ1n) is 6.82. The summed E-state index contributed by atoms with van der Waals surface area (Å²) in [5.41, 5.74) is 2.85. The second-order valence-corrected chi connectivity index (χ2v) is 3.81. The predicted molar refractivity (Wildman–Crippen MR) is 85.0 cm³/mol. The summed E-state index contributed by atoms with van der Waals surface area (Å²) in [4.78, 5) is 0. The van der Waals surface area contributed by atoms with Gasteiger partial charge in [0.15, 0.2) is 0 Å². The third-order valence-corrected chi connectivity index (χ3v) is 2.81. The fraction of sp³-hybridized carbons (Fsp3) is 0.750. The van der Waals surface area contributed by atoms with E-state index in [2.05, 4.69) is 54.2 Å². The highest BCUT2D eigenvalue weighted by Gasteiger charge is 1.98. The molecule has 0 aliphatic carbocycles. The van der Waals surface area contributed by atoms with Gasteiger partial charge < -0.3 is 6.15 Å². The van der Waals surface area contributed by atoms with E-state index in [4.69, 9.17) is 0 Å². The van der Waals surface area contributed by atoms with Crippen LogP contribution < -0.4 is 6.15 Å². The van der Waals surface area contributed by atoms with Crippen LogP contribution in [0.3, 0.4) is 0 Å². The molecule has 0 saturated heterocycles. The fourth-order valence-corrected chi connectivity index (χ4v) is 0.841. The SMILES string of the molecule is C/C=C(/C)CC.C=C(CC)C(C)CC.CC.N. The van der Waals surface area contributed by atoms with Crippen LogP contribution in [0.4, 0.5) is 0 Å². The molecule has 0 aliphatic rings. The third-order valence-electron chi connectivity index (χ3n) is 2.81. The molecule has 1 atom stereocenters. The highest BCUT2D eigenvalue weighted by Crippen LogP contribution is 2.13. The maximum Gasteiger partial charge on any atom is -0.0237 e. The Balaban J connectivity index is -0.0000000844. The van der Waals surface area contributed by atoms with Gasteiger partial charge in [0, 0.05) is 0 Å². The van der Waals surface area contributed by atoms with E-state index in [0.717, 1.165) is 12.3 Å². The minimum Gasteiger partial charge on any atom is -0.344 e. The molecule has 0 saturated carbocycles. The van der Waals surface area contributed by atoms with E-state index in [9.17, 15) is 0 Å².